The third kappa shape index (κ3) is 7.43. The molecule has 4 fully saturated rings. The summed E-state index contributed by atoms with van der Waals surface area (Å²) >= 11 is 0. The van der Waals surface area contributed by atoms with Gasteiger partial charge in [0.25, 0.3) is 16.0 Å². The Morgan fingerprint density at radius 1 is 1.03 bits per heavy atom. The van der Waals surface area contributed by atoms with E-state index in [0.29, 0.717) is 38.6 Å². The van der Waals surface area contributed by atoms with Crippen LogP contribution >= 0.6 is 0 Å². The van der Waals surface area contributed by atoms with E-state index in [1.165, 1.54) is 47.4 Å². The number of piperidine rings is 1. The van der Waals surface area contributed by atoms with E-state index in [4.69, 9.17) is 18.8 Å². The Morgan fingerprint density at radius 3 is 2.48 bits per heavy atom. The van der Waals surface area contributed by atoms with Gasteiger partial charge >= 0.3 is 17.8 Å². The lowest BCUT2D eigenvalue weighted by Gasteiger charge is -2.50. The van der Waals surface area contributed by atoms with Crippen molar-refractivity contribution in [1.29, 1.82) is 0 Å². The van der Waals surface area contributed by atoms with E-state index >= 15 is 4.79 Å². The van der Waals surface area contributed by atoms with E-state index in [9.17, 15) is 27.6 Å². The number of likely N-dealkylation sites (tertiary alicyclic amines) is 1. The Morgan fingerprint density at radius 2 is 1.75 bits per heavy atom. The Bertz CT molecular complexity index is 2490. The van der Waals surface area contributed by atoms with Crippen LogP contribution in [0.3, 0.4) is 0 Å². The minimum absolute atomic E-state index is 0.0239. The van der Waals surface area contributed by atoms with E-state index in [1.807, 2.05) is 43.4 Å². The largest absolute Gasteiger partial charge is 0.426 e. The molecule has 0 bridgehead atoms. The smallest absolute Gasteiger partial charge is 0.345 e. The Balaban J connectivity index is 0.000000943. The maximum absolute atomic E-state index is 15.0. The molecule has 4 aromatic rings. The molecule has 17 heteroatoms. The van der Waals surface area contributed by atoms with Crippen molar-refractivity contribution in [2.45, 2.75) is 81.6 Å². The van der Waals surface area contributed by atoms with Crippen LogP contribution in [0.25, 0.3) is 10.9 Å². The van der Waals surface area contributed by atoms with Gasteiger partial charge in [-0.3, -0.25) is 33.4 Å². The van der Waals surface area contributed by atoms with Crippen LogP contribution in [0.1, 0.15) is 66.1 Å². The van der Waals surface area contributed by atoms with E-state index in [-0.39, 0.29) is 41.5 Å². The average molecular weight is 842 g/mol. The lowest BCUT2D eigenvalue weighted by molar-refractivity contribution is -0.312. The standard InChI is InChI=1S/C42H43N5O8.CH4O3S/c1-24(48)53-34-16-8-7-13-29(34)39(51)54-42-35-17-10-18-46(35)38(50)33(19-25-11-5-4-6-12-25)47(42)40(52)41(2,55-42)44-37(49)27-20-30-28-14-9-15-31-36(28)26(22-43-31)21-32(30)45(3)23-27;1-5(2,3)4/h4-9,11-16,22,27,30,32-33,35,43H,10,17-21,23H2,1-3H3,(H,44,49);1H3,(H,2,3,4)/t27-,30?,32-,33+,35+,41-,42+;/m1./s1. The molecule has 4 saturated heterocycles. The average Bonchev–Trinajstić information content (AvgIpc) is 3.91. The van der Waals surface area contributed by atoms with Crippen molar-refractivity contribution < 1.29 is 51.2 Å². The predicted octanol–water partition coefficient (Wildman–Crippen LogP) is 3.38. The maximum Gasteiger partial charge on any atom is 0.345 e. The van der Waals surface area contributed by atoms with Crippen molar-refractivity contribution in [3.63, 3.8) is 0 Å². The topological polar surface area (TPSA) is 205 Å². The third-order valence-corrected chi connectivity index (χ3v) is 12.2. The number of para-hydroxylation sites is 1. The number of carbonyl (C=O) groups is 5. The molecule has 5 heterocycles. The molecule has 60 heavy (non-hydrogen) atoms. The van der Waals surface area contributed by atoms with Gasteiger partial charge in [0.05, 0.1) is 12.2 Å². The van der Waals surface area contributed by atoms with Crippen LogP contribution in [0.15, 0.2) is 79.0 Å². The number of esters is 2. The van der Waals surface area contributed by atoms with Gasteiger partial charge < -0.3 is 29.6 Å². The zero-order valence-corrected chi connectivity index (χ0v) is 34.4. The van der Waals surface area contributed by atoms with Crippen LogP contribution < -0.4 is 10.1 Å². The summed E-state index contributed by atoms with van der Waals surface area (Å²) in [5, 5.41) is 4.18. The Hall–Kier alpha value is -5.62. The first-order chi connectivity index (χ1) is 28.5. The molecule has 0 radical (unpaired) electrons. The molecule has 9 rings (SSSR count). The molecular weight excluding hydrogens is 795 g/mol. The molecule has 3 N–H and O–H groups in total. The summed E-state index contributed by atoms with van der Waals surface area (Å²) in [6, 6.07) is 19.9. The highest BCUT2D eigenvalue weighted by Gasteiger charge is 2.73. The summed E-state index contributed by atoms with van der Waals surface area (Å²) in [7, 11) is -1.63. The van der Waals surface area contributed by atoms with Gasteiger partial charge in [-0.05, 0) is 74.5 Å². The zero-order valence-electron chi connectivity index (χ0n) is 33.6. The number of hydrogen-bond acceptors (Lipinski definition) is 11. The van der Waals surface area contributed by atoms with Crippen LogP contribution in [0.4, 0.5) is 0 Å². The lowest BCUT2D eigenvalue weighted by Crippen LogP contribution is -2.72. The third-order valence-electron chi connectivity index (χ3n) is 12.2. The number of likely N-dealkylation sites (N-methyl/N-ethyl adjacent to an activating group) is 1. The SMILES string of the molecule is CC(=O)Oc1ccccc1C(=O)O[C@@]12O[C@@](C)(NC(=O)[C@@H]3CC4c5cccc6[nH]cc(c56)C[C@H]4N(C)C3)C(=O)N1[C@@H](Cc1ccccc1)C(=O)N1CCC[C@H]12.CS(=O)(=O)O. The molecule has 5 aliphatic rings. The van der Waals surface area contributed by atoms with Crippen LogP contribution in [-0.2, 0) is 51.6 Å². The molecule has 0 spiro atoms. The molecular formula is C43H47N5O11S. The molecule has 1 aliphatic carbocycles. The first-order valence-corrected chi connectivity index (χ1v) is 21.7. The van der Waals surface area contributed by atoms with Crippen molar-refractivity contribution >= 4 is 50.7 Å². The van der Waals surface area contributed by atoms with Gasteiger partial charge in [-0.2, -0.15) is 8.42 Å². The van der Waals surface area contributed by atoms with Gasteiger partial charge in [-0.15, -0.1) is 0 Å². The summed E-state index contributed by atoms with van der Waals surface area (Å²) in [5.74, 6) is -5.44. The number of benzene rings is 3. The number of carbonyl (C=O) groups excluding carboxylic acids is 5. The van der Waals surface area contributed by atoms with Crippen LogP contribution in [-0.4, -0.2) is 118 Å². The number of piperazine rings is 1. The fourth-order valence-electron chi connectivity index (χ4n) is 9.82. The quantitative estimate of drug-likeness (QED) is 0.139. The van der Waals surface area contributed by atoms with Crippen molar-refractivity contribution in [2.24, 2.45) is 5.92 Å². The van der Waals surface area contributed by atoms with Gasteiger partial charge in [-0.25, -0.2) is 4.79 Å². The van der Waals surface area contributed by atoms with E-state index in [2.05, 4.69) is 33.5 Å². The fourth-order valence-corrected chi connectivity index (χ4v) is 9.82. The molecule has 3 amide bonds. The highest BCUT2D eigenvalue weighted by atomic mass is 32.2. The lowest BCUT2D eigenvalue weighted by atomic mass is 9.72. The second-order valence-electron chi connectivity index (χ2n) is 16.4. The van der Waals surface area contributed by atoms with E-state index in [1.54, 1.807) is 17.0 Å². The molecule has 16 nitrogen and oxygen atoms in total. The normalized spacial score (nSPS) is 28.2. The number of fused-ring (bicyclic) bond motifs is 5. The summed E-state index contributed by atoms with van der Waals surface area (Å²) in [6.07, 6.45) is 5.30. The van der Waals surface area contributed by atoms with E-state index in [0.717, 1.165) is 17.5 Å². The first-order valence-electron chi connectivity index (χ1n) is 19.9. The molecule has 316 valence electrons. The number of nitrogens with zero attached hydrogens (tertiary/aromatic N) is 3. The van der Waals surface area contributed by atoms with Crippen molar-refractivity contribution in [3.05, 3.63) is 101 Å². The minimum Gasteiger partial charge on any atom is -0.426 e. The Kier molecular flexibility index (Phi) is 10.6. The van der Waals surface area contributed by atoms with Gasteiger partial charge in [0.15, 0.2) is 0 Å². The number of amides is 3. The zero-order chi connectivity index (χ0) is 42.7. The number of hydrogen-bond donors (Lipinski definition) is 3. The highest BCUT2D eigenvalue weighted by molar-refractivity contribution is 7.85. The van der Waals surface area contributed by atoms with Gasteiger partial charge in [0, 0.05) is 55.5 Å². The maximum atomic E-state index is 15.0. The number of aromatic amines is 1. The second-order valence-corrected chi connectivity index (χ2v) is 17.8. The minimum atomic E-state index is -3.67. The molecule has 7 atom stereocenters. The van der Waals surface area contributed by atoms with Gasteiger partial charge in [0.2, 0.25) is 17.5 Å². The van der Waals surface area contributed by atoms with Crippen LogP contribution in [0.2, 0.25) is 0 Å². The summed E-state index contributed by atoms with van der Waals surface area (Å²) in [5.41, 5.74) is 2.27. The predicted molar refractivity (Wildman–Crippen MR) is 216 cm³/mol. The molecule has 4 aliphatic heterocycles. The molecule has 1 aromatic heterocycles. The first kappa shape index (κ1) is 41.1. The van der Waals surface area contributed by atoms with Crippen molar-refractivity contribution in [2.75, 3.05) is 26.4 Å². The molecule has 1 unspecified atom stereocenters. The highest BCUT2D eigenvalue weighted by Crippen LogP contribution is 2.49. The molecule has 3 aromatic carbocycles. The van der Waals surface area contributed by atoms with Crippen LogP contribution in [0.5, 0.6) is 5.75 Å². The number of aromatic nitrogens is 1. The number of H-pyrrole nitrogens is 1. The fraction of sp³-hybridized carbons (Fsp3) is 0.419. The monoisotopic (exact) mass is 841 g/mol. The number of ether oxygens (including phenoxy) is 3. The summed E-state index contributed by atoms with van der Waals surface area (Å²) < 4.78 is 44.3. The van der Waals surface area contributed by atoms with Gasteiger partial charge in [0.1, 0.15) is 23.4 Å². The van der Waals surface area contributed by atoms with Gasteiger partial charge in [-0.1, -0.05) is 54.6 Å². The van der Waals surface area contributed by atoms with E-state index < -0.39 is 57.6 Å². The summed E-state index contributed by atoms with van der Waals surface area (Å²) in [4.78, 5) is 78.6. The van der Waals surface area contributed by atoms with Crippen LogP contribution in [0, 0.1) is 5.92 Å². The molecule has 0 saturated carbocycles. The van der Waals surface area contributed by atoms with Crippen molar-refractivity contribution in [3.8, 4) is 5.75 Å². The summed E-state index contributed by atoms with van der Waals surface area (Å²) in [6.45, 7) is 3.54. The van der Waals surface area contributed by atoms with Crippen molar-refractivity contribution in [1.82, 2.24) is 25.0 Å². The Labute approximate surface area is 346 Å². The number of rotatable bonds is 7. The second kappa shape index (κ2) is 15.4. The number of nitrogens with one attached hydrogen (secondary N) is 2.